The Morgan fingerprint density at radius 2 is 2.42 bits per heavy atom. The summed E-state index contributed by atoms with van der Waals surface area (Å²) in [6.07, 6.45) is 2.95. The Bertz CT molecular complexity index is 222. The molecule has 0 aliphatic rings. The minimum absolute atomic E-state index is 1.03. The van der Waals surface area contributed by atoms with E-state index in [0.29, 0.717) is 0 Å². The van der Waals surface area contributed by atoms with Gasteiger partial charge in [0.25, 0.3) is 0 Å². The zero-order valence-corrected chi connectivity index (χ0v) is 8.41. The van der Waals surface area contributed by atoms with Crippen molar-refractivity contribution in [1.82, 2.24) is 5.32 Å². The van der Waals surface area contributed by atoms with Gasteiger partial charge in [-0.3, -0.25) is 0 Å². The van der Waals surface area contributed by atoms with Crippen LogP contribution in [0.5, 0.6) is 0 Å². The molecule has 1 heterocycles. The van der Waals surface area contributed by atoms with Crippen LogP contribution in [-0.4, -0.2) is 19.3 Å². The van der Waals surface area contributed by atoms with E-state index in [1.807, 2.05) is 31.8 Å². The molecule has 0 bridgehead atoms. The maximum absolute atomic E-state index is 5.19. The van der Waals surface area contributed by atoms with Crippen LogP contribution in [0.3, 0.4) is 0 Å². The number of furan rings is 1. The molecule has 0 amide bonds. The number of thioether (sulfide) groups is 1. The van der Waals surface area contributed by atoms with Crippen molar-refractivity contribution in [3.8, 4) is 0 Å². The van der Waals surface area contributed by atoms with E-state index in [0.717, 1.165) is 18.1 Å². The minimum Gasteiger partial charge on any atom is -0.468 e. The third-order valence-electron chi connectivity index (χ3n) is 1.64. The number of rotatable bonds is 5. The Balaban J connectivity index is 2.20. The van der Waals surface area contributed by atoms with Gasteiger partial charge >= 0.3 is 0 Å². The Labute approximate surface area is 77.7 Å². The fourth-order valence-corrected chi connectivity index (χ4v) is 1.87. The van der Waals surface area contributed by atoms with Gasteiger partial charge in [0.1, 0.15) is 5.76 Å². The summed E-state index contributed by atoms with van der Waals surface area (Å²) in [5.74, 6) is 2.19. The highest BCUT2D eigenvalue weighted by atomic mass is 32.2. The molecule has 1 aromatic heterocycles. The molecule has 1 rings (SSSR count). The number of hydrogen-bond donors (Lipinski definition) is 1. The summed E-state index contributed by atoms with van der Waals surface area (Å²) in [7, 11) is 1.98. The third-order valence-corrected chi connectivity index (χ3v) is 2.87. The molecular formula is C9H15NOS. The first-order valence-electron chi connectivity index (χ1n) is 4.16. The molecule has 0 radical (unpaired) electrons. The van der Waals surface area contributed by atoms with Crippen LogP contribution in [-0.2, 0) is 0 Å². The van der Waals surface area contributed by atoms with Crippen molar-refractivity contribution in [3.05, 3.63) is 18.1 Å². The first-order chi connectivity index (χ1) is 5.84. The van der Waals surface area contributed by atoms with Crippen LogP contribution in [0, 0.1) is 6.92 Å². The lowest BCUT2D eigenvalue weighted by molar-refractivity contribution is 0.527. The van der Waals surface area contributed by atoms with Gasteiger partial charge in [-0.15, -0.1) is 11.8 Å². The lowest BCUT2D eigenvalue weighted by Crippen LogP contribution is -2.07. The number of hydrogen-bond acceptors (Lipinski definition) is 3. The normalized spacial score (nSPS) is 10.5. The van der Waals surface area contributed by atoms with E-state index < -0.39 is 0 Å². The quantitative estimate of drug-likeness (QED) is 0.563. The van der Waals surface area contributed by atoms with Gasteiger partial charge in [0, 0.05) is 4.90 Å². The van der Waals surface area contributed by atoms with Gasteiger partial charge in [-0.25, -0.2) is 0 Å². The van der Waals surface area contributed by atoms with Crippen LogP contribution in [0.25, 0.3) is 0 Å². The van der Waals surface area contributed by atoms with Crippen LogP contribution < -0.4 is 5.32 Å². The average Bonchev–Trinajstić information content (AvgIpc) is 2.46. The van der Waals surface area contributed by atoms with E-state index in [2.05, 4.69) is 5.32 Å². The first kappa shape index (κ1) is 9.68. The Morgan fingerprint density at radius 1 is 1.58 bits per heavy atom. The first-order valence-corrected chi connectivity index (χ1v) is 5.14. The molecule has 0 fully saturated rings. The molecular weight excluding hydrogens is 170 g/mol. The molecule has 0 aliphatic heterocycles. The topological polar surface area (TPSA) is 25.2 Å². The van der Waals surface area contributed by atoms with Crippen LogP contribution in [0.4, 0.5) is 0 Å². The zero-order chi connectivity index (χ0) is 8.81. The summed E-state index contributed by atoms with van der Waals surface area (Å²) in [5.41, 5.74) is 0. The van der Waals surface area contributed by atoms with Crippen molar-refractivity contribution in [1.29, 1.82) is 0 Å². The predicted molar refractivity (Wildman–Crippen MR) is 52.7 cm³/mol. The van der Waals surface area contributed by atoms with E-state index in [4.69, 9.17) is 4.42 Å². The molecule has 0 saturated heterocycles. The molecule has 0 unspecified atom stereocenters. The van der Waals surface area contributed by atoms with Gasteiger partial charge in [-0.05, 0) is 38.8 Å². The lowest BCUT2D eigenvalue weighted by atomic mass is 10.5. The van der Waals surface area contributed by atoms with E-state index >= 15 is 0 Å². The van der Waals surface area contributed by atoms with Crippen LogP contribution in [0.15, 0.2) is 21.6 Å². The molecule has 1 N–H and O–H groups in total. The highest BCUT2D eigenvalue weighted by Gasteiger charge is 2.00. The van der Waals surface area contributed by atoms with Gasteiger partial charge in [0.05, 0.1) is 6.26 Å². The van der Waals surface area contributed by atoms with E-state index in [1.165, 1.54) is 11.3 Å². The van der Waals surface area contributed by atoms with Crippen molar-refractivity contribution in [3.63, 3.8) is 0 Å². The van der Waals surface area contributed by atoms with Crippen molar-refractivity contribution in [2.75, 3.05) is 19.3 Å². The fraction of sp³-hybridized carbons (Fsp3) is 0.556. The van der Waals surface area contributed by atoms with Gasteiger partial charge in [0.2, 0.25) is 0 Å². The summed E-state index contributed by atoms with van der Waals surface area (Å²) in [6, 6.07) is 2.03. The van der Waals surface area contributed by atoms with Crippen molar-refractivity contribution in [2.24, 2.45) is 0 Å². The lowest BCUT2D eigenvalue weighted by Gasteiger charge is -1.98. The van der Waals surface area contributed by atoms with Crippen molar-refractivity contribution < 1.29 is 4.42 Å². The fourth-order valence-electron chi connectivity index (χ4n) is 0.954. The van der Waals surface area contributed by atoms with Gasteiger partial charge < -0.3 is 9.73 Å². The smallest absolute Gasteiger partial charge is 0.114 e. The second-order valence-electron chi connectivity index (χ2n) is 2.65. The summed E-state index contributed by atoms with van der Waals surface area (Å²) in [5, 5.41) is 3.13. The molecule has 0 spiro atoms. The Morgan fingerprint density at radius 3 is 3.00 bits per heavy atom. The molecule has 0 atom stereocenters. The van der Waals surface area contributed by atoms with Crippen LogP contribution in [0.1, 0.15) is 12.2 Å². The van der Waals surface area contributed by atoms with E-state index in [-0.39, 0.29) is 0 Å². The minimum atomic E-state index is 1.03. The van der Waals surface area contributed by atoms with Crippen molar-refractivity contribution in [2.45, 2.75) is 18.2 Å². The summed E-state index contributed by atoms with van der Waals surface area (Å²) < 4.78 is 5.19. The van der Waals surface area contributed by atoms with E-state index in [1.54, 1.807) is 6.26 Å². The third kappa shape index (κ3) is 2.91. The maximum atomic E-state index is 5.19. The molecule has 0 aliphatic carbocycles. The number of nitrogens with one attached hydrogen (secondary N) is 1. The van der Waals surface area contributed by atoms with Gasteiger partial charge in [-0.1, -0.05) is 0 Å². The molecule has 1 aromatic rings. The zero-order valence-electron chi connectivity index (χ0n) is 7.59. The van der Waals surface area contributed by atoms with Gasteiger partial charge in [-0.2, -0.15) is 0 Å². The maximum Gasteiger partial charge on any atom is 0.114 e. The molecule has 68 valence electrons. The standard InChI is InChI=1S/C9H15NOS/c1-8-9(4-6-11-8)12-7-3-5-10-2/h4,6,10H,3,5,7H2,1-2H3. The molecule has 3 heteroatoms. The molecule has 12 heavy (non-hydrogen) atoms. The summed E-state index contributed by atoms with van der Waals surface area (Å²) in [4.78, 5) is 1.27. The molecule has 0 saturated carbocycles. The second-order valence-corrected chi connectivity index (χ2v) is 3.78. The second kappa shape index (κ2) is 5.27. The largest absolute Gasteiger partial charge is 0.468 e. The molecule has 0 aromatic carbocycles. The van der Waals surface area contributed by atoms with Crippen LogP contribution in [0.2, 0.25) is 0 Å². The summed E-state index contributed by atoms with van der Waals surface area (Å²) >= 11 is 1.86. The number of aryl methyl sites for hydroxylation is 1. The molecule has 2 nitrogen and oxygen atoms in total. The monoisotopic (exact) mass is 185 g/mol. The average molecular weight is 185 g/mol. The summed E-state index contributed by atoms with van der Waals surface area (Å²) in [6.45, 7) is 3.09. The van der Waals surface area contributed by atoms with Crippen molar-refractivity contribution >= 4 is 11.8 Å². The highest BCUT2D eigenvalue weighted by Crippen LogP contribution is 2.23. The highest BCUT2D eigenvalue weighted by molar-refractivity contribution is 7.99. The SMILES string of the molecule is CNCCCSc1ccoc1C. The Kier molecular flexibility index (Phi) is 4.25. The van der Waals surface area contributed by atoms with Crippen LogP contribution >= 0.6 is 11.8 Å². The Hall–Kier alpha value is -0.410. The predicted octanol–water partition coefficient (Wildman–Crippen LogP) is 2.29. The van der Waals surface area contributed by atoms with E-state index in [9.17, 15) is 0 Å². The van der Waals surface area contributed by atoms with Gasteiger partial charge in [0.15, 0.2) is 0 Å².